The van der Waals surface area contributed by atoms with Crippen molar-refractivity contribution in [3.63, 3.8) is 0 Å². The molecular formula is C11H24N2. The lowest BCUT2D eigenvalue weighted by Crippen LogP contribution is -2.31. The summed E-state index contributed by atoms with van der Waals surface area (Å²) in [5, 5.41) is 0. The van der Waals surface area contributed by atoms with Gasteiger partial charge in [-0.2, -0.15) is 0 Å². The van der Waals surface area contributed by atoms with Gasteiger partial charge in [0.25, 0.3) is 0 Å². The van der Waals surface area contributed by atoms with E-state index in [1.54, 1.807) is 0 Å². The van der Waals surface area contributed by atoms with Crippen LogP contribution in [0.1, 0.15) is 45.4 Å². The van der Waals surface area contributed by atoms with E-state index >= 15 is 0 Å². The lowest BCUT2D eigenvalue weighted by Gasteiger charge is -2.24. The molecule has 0 aromatic heterocycles. The molecule has 1 saturated heterocycles. The van der Waals surface area contributed by atoms with E-state index in [0.717, 1.165) is 6.42 Å². The normalized spacial score (nSPS) is 23.5. The van der Waals surface area contributed by atoms with Gasteiger partial charge < -0.3 is 10.6 Å². The first kappa shape index (κ1) is 11.0. The fourth-order valence-corrected chi connectivity index (χ4v) is 1.92. The first-order valence-electron chi connectivity index (χ1n) is 5.77. The first-order chi connectivity index (χ1) is 6.29. The summed E-state index contributed by atoms with van der Waals surface area (Å²) in [5.74, 6) is 0. The second kappa shape index (κ2) is 6.39. The van der Waals surface area contributed by atoms with E-state index in [2.05, 4.69) is 11.8 Å². The monoisotopic (exact) mass is 184 g/mol. The second-order valence-electron chi connectivity index (χ2n) is 4.38. The van der Waals surface area contributed by atoms with Crippen LogP contribution in [0.4, 0.5) is 0 Å². The molecule has 0 aliphatic carbocycles. The molecule has 1 aliphatic rings. The molecular weight excluding hydrogens is 160 g/mol. The van der Waals surface area contributed by atoms with Crippen molar-refractivity contribution in [1.29, 1.82) is 0 Å². The zero-order chi connectivity index (χ0) is 9.52. The second-order valence-corrected chi connectivity index (χ2v) is 4.38. The van der Waals surface area contributed by atoms with Gasteiger partial charge in [-0.1, -0.05) is 19.3 Å². The third-order valence-electron chi connectivity index (χ3n) is 2.85. The molecule has 0 aromatic rings. The Hall–Kier alpha value is -0.0800. The highest BCUT2D eigenvalue weighted by atomic mass is 15.1. The van der Waals surface area contributed by atoms with Crippen LogP contribution in [0.15, 0.2) is 0 Å². The molecule has 1 atom stereocenters. The van der Waals surface area contributed by atoms with Gasteiger partial charge in [0, 0.05) is 6.04 Å². The molecule has 0 radical (unpaired) electrons. The summed E-state index contributed by atoms with van der Waals surface area (Å²) >= 11 is 0. The minimum atomic E-state index is 0.366. The average Bonchev–Trinajstić information content (AvgIpc) is 2.01. The highest BCUT2D eigenvalue weighted by molar-refractivity contribution is 4.64. The van der Waals surface area contributed by atoms with Crippen LogP contribution in [0.5, 0.6) is 0 Å². The van der Waals surface area contributed by atoms with Crippen LogP contribution in [0, 0.1) is 0 Å². The summed E-state index contributed by atoms with van der Waals surface area (Å²) in [6, 6.07) is 0.366. The van der Waals surface area contributed by atoms with Crippen molar-refractivity contribution in [3.8, 4) is 0 Å². The Labute approximate surface area is 82.5 Å². The van der Waals surface area contributed by atoms with Crippen molar-refractivity contribution in [1.82, 2.24) is 4.90 Å². The average molecular weight is 184 g/mol. The fraction of sp³-hybridized carbons (Fsp3) is 1.00. The molecule has 78 valence electrons. The number of hydrogen-bond donors (Lipinski definition) is 1. The quantitative estimate of drug-likeness (QED) is 0.727. The van der Waals surface area contributed by atoms with Gasteiger partial charge in [0.05, 0.1) is 0 Å². The van der Waals surface area contributed by atoms with Crippen LogP contribution in [-0.4, -0.2) is 30.6 Å². The predicted molar refractivity (Wildman–Crippen MR) is 57.8 cm³/mol. The number of nitrogens with zero attached hydrogens (tertiary/aromatic N) is 1. The number of likely N-dealkylation sites (tertiary alicyclic amines) is 1. The topological polar surface area (TPSA) is 29.3 Å². The van der Waals surface area contributed by atoms with Crippen molar-refractivity contribution in [2.75, 3.05) is 19.6 Å². The summed E-state index contributed by atoms with van der Waals surface area (Å²) in [4.78, 5) is 2.59. The maximum absolute atomic E-state index is 5.75. The van der Waals surface area contributed by atoms with Gasteiger partial charge in [0.2, 0.25) is 0 Å². The molecule has 2 N–H and O–H groups in total. The molecule has 1 fully saturated rings. The van der Waals surface area contributed by atoms with Gasteiger partial charge in [-0.05, 0) is 45.8 Å². The van der Waals surface area contributed by atoms with E-state index < -0.39 is 0 Å². The molecule has 0 spiro atoms. The molecule has 2 nitrogen and oxygen atoms in total. The summed E-state index contributed by atoms with van der Waals surface area (Å²) in [6.45, 7) is 5.90. The number of hydrogen-bond acceptors (Lipinski definition) is 2. The SMILES string of the molecule is CC(N)CCN1CCCCCCC1. The standard InChI is InChI=1S/C11H24N2/c1-11(12)7-10-13-8-5-3-2-4-6-9-13/h11H,2-10,12H2,1H3. The van der Waals surface area contributed by atoms with Gasteiger partial charge >= 0.3 is 0 Å². The Bertz CT molecular complexity index is 115. The zero-order valence-electron chi connectivity index (χ0n) is 8.97. The van der Waals surface area contributed by atoms with Crippen molar-refractivity contribution < 1.29 is 0 Å². The molecule has 0 aromatic carbocycles. The Morgan fingerprint density at radius 1 is 1.08 bits per heavy atom. The molecule has 1 heterocycles. The molecule has 0 amide bonds. The van der Waals surface area contributed by atoms with E-state index in [-0.39, 0.29) is 0 Å². The molecule has 1 rings (SSSR count). The summed E-state index contributed by atoms with van der Waals surface area (Å²) in [5.41, 5.74) is 5.75. The van der Waals surface area contributed by atoms with E-state index in [1.165, 1.54) is 51.7 Å². The van der Waals surface area contributed by atoms with Crippen molar-refractivity contribution in [3.05, 3.63) is 0 Å². The summed E-state index contributed by atoms with van der Waals surface area (Å²) in [6.07, 6.45) is 8.22. The highest BCUT2D eigenvalue weighted by Gasteiger charge is 2.07. The van der Waals surface area contributed by atoms with Gasteiger partial charge in [0.15, 0.2) is 0 Å². The van der Waals surface area contributed by atoms with Gasteiger partial charge in [-0.3, -0.25) is 0 Å². The minimum Gasteiger partial charge on any atom is -0.328 e. The predicted octanol–water partition coefficient (Wildman–Crippen LogP) is 1.99. The molecule has 0 saturated carbocycles. The lowest BCUT2D eigenvalue weighted by atomic mass is 10.1. The largest absolute Gasteiger partial charge is 0.328 e. The molecule has 1 unspecified atom stereocenters. The fourth-order valence-electron chi connectivity index (χ4n) is 1.92. The van der Waals surface area contributed by atoms with Crippen LogP contribution in [0.2, 0.25) is 0 Å². The van der Waals surface area contributed by atoms with Crippen LogP contribution >= 0.6 is 0 Å². The summed E-state index contributed by atoms with van der Waals surface area (Å²) in [7, 11) is 0. The van der Waals surface area contributed by atoms with Gasteiger partial charge in [0.1, 0.15) is 0 Å². The molecule has 2 heteroatoms. The Morgan fingerprint density at radius 3 is 2.15 bits per heavy atom. The van der Waals surface area contributed by atoms with Crippen molar-refractivity contribution in [2.24, 2.45) is 5.73 Å². The van der Waals surface area contributed by atoms with E-state index in [4.69, 9.17) is 5.73 Å². The van der Waals surface area contributed by atoms with Crippen molar-refractivity contribution in [2.45, 2.75) is 51.5 Å². The van der Waals surface area contributed by atoms with Crippen LogP contribution in [-0.2, 0) is 0 Å². The lowest BCUT2D eigenvalue weighted by molar-refractivity contribution is 0.240. The third kappa shape index (κ3) is 5.27. The third-order valence-corrected chi connectivity index (χ3v) is 2.85. The number of nitrogens with two attached hydrogens (primary N) is 1. The van der Waals surface area contributed by atoms with Crippen LogP contribution in [0.3, 0.4) is 0 Å². The summed E-state index contributed by atoms with van der Waals surface area (Å²) < 4.78 is 0. The maximum Gasteiger partial charge on any atom is 0.00226 e. The maximum atomic E-state index is 5.75. The van der Waals surface area contributed by atoms with Gasteiger partial charge in [-0.15, -0.1) is 0 Å². The van der Waals surface area contributed by atoms with Crippen LogP contribution in [0.25, 0.3) is 0 Å². The smallest absolute Gasteiger partial charge is 0.00226 e. The Balaban J connectivity index is 2.14. The highest BCUT2D eigenvalue weighted by Crippen LogP contribution is 2.10. The van der Waals surface area contributed by atoms with E-state index in [0.29, 0.717) is 6.04 Å². The molecule has 13 heavy (non-hydrogen) atoms. The molecule has 1 aliphatic heterocycles. The van der Waals surface area contributed by atoms with E-state index in [1.807, 2.05) is 0 Å². The Morgan fingerprint density at radius 2 is 1.62 bits per heavy atom. The van der Waals surface area contributed by atoms with Crippen molar-refractivity contribution >= 4 is 0 Å². The number of rotatable bonds is 3. The minimum absolute atomic E-state index is 0.366. The van der Waals surface area contributed by atoms with Crippen LogP contribution < -0.4 is 5.73 Å². The molecule has 0 bridgehead atoms. The first-order valence-corrected chi connectivity index (χ1v) is 5.77. The Kier molecular flexibility index (Phi) is 5.40. The van der Waals surface area contributed by atoms with Gasteiger partial charge in [-0.25, -0.2) is 0 Å². The zero-order valence-corrected chi connectivity index (χ0v) is 8.97. The van der Waals surface area contributed by atoms with E-state index in [9.17, 15) is 0 Å².